The summed E-state index contributed by atoms with van der Waals surface area (Å²) in [7, 11) is -3.70. The Kier molecular flexibility index (Phi) is 3.28. The number of hydrogen-bond donors (Lipinski definition) is 1. The lowest BCUT2D eigenvalue weighted by Crippen LogP contribution is -2.35. The van der Waals surface area contributed by atoms with E-state index in [1.165, 1.54) is 4.31 Å². The molecule has 0 radical (unpaired) electrons. The van der Waals surface area contributed by atoms with Crippen molar-refractivity contribution in [3.05, 3.63) is 53.6 Å². The first-order valence-corrected chi connectivity index (χ1v) is 9.75. The predicted molar refractivity (Wildman–Crippen MR) is 97.4 cm³/mol. The number of hydrogen-bond acceptors (Lipinski definition) is 3. The maximum Gasteiger partial charge on any atom is 0.264 e. The first-order chi connectivity index (χ1) is 11.7. The van der Waals surface area contributed by atoms with Gasteiger partial charge in [0, 0.05) is 11.7 Å². The highest BCUT2D eigenvalue weighted by Crippen LogP contribution is 2.41. The first kappa shape index (κ1) is 16.1. The van der Waals surface area contributed by atoms with Gasteiger partial charge in [-0.25, -0.2) is 8.42 Å². The van der Waals surface area contributed by atoms with Gasteiger partial charge in [0.1, 0.15) is 0 Å². The molecule has 0 saturated heterocycles. The lowest BCUT2D eigenvalue weighted by atomic mass is 9.86. The second-order valence-corrected chi connectivity index (χ2v) is 9.08. The molecule has 2 aromatic carbocycles. The van der Waals surface area contributed by atoms with Gasteiger partial charge >= 0.3 is 0 Å². The molecule has 0 aliphatic carbocycles. The molecular formula is C19H20N2O3S. The molecule has 4 rings (SSSR count). The number of sulfonamides is 1. The van der Waals surface area contributed by atoms with E-state index in [9.17, 15) is 13.2 Å². The van der Waals surface area contributed by atoms with Gasteiger partial charge in [-0.15, -0.1) is 0 Å². The van der Waals surface area contributed by atoms with Crippen LogP contribution in [0.3, 0.4) is 0 Å². The second-order valence-electron chi connectivity index (χ2n) is 7.27. The van der Waals surface area contributed by atoms with E-state index in [4.69, 9.17) is 0 Å². The molecule has 5 nitrogen and oxygen atoms in total. The molecule has 0 fully saturated rings. The molecule has 1 amide bonds. The van der Waals surface area contributed by atoms with Gasteiger partial charge in [0.15, 0.2) is 0 Å². The van der Waals surface area contributed by atoms with E-state index < -0.39 is 15.4 Å². The average Bonchev–Trinajstić information content (AvgIpc) is 3.01. The normalized spacial score (nSPS) is 21.0. The van der Waals surface area contributed by atoms with Crippen LogP contribution in [0.2, 0.25) is 0 Å². The Morgan fingerprint density at radius 1 is 1.16 bits per heavy atom. The molecule has 2 aliphatic heterocycles. The van der Waals surface area contributed by atoms with Crippen LogP contribution in [0.5, 0.6) is 0 Å². The molecule has 1 N–H and O–H groups in total. The van der Waals surface area contributed by atoms with Crippen molar-refractivity contribution in [2.45, 2.75) is 43.5 Å². The summed E-state index contributed by atoms with van der Waals surface area (Å²) < 4.78 is 28.1. The maximum atomic E-state index is 13.3. The molecule has 0 saturated carbocycles. The molecule has 1 atom stereocenters. The van der Waals surface area contributed by atoms with Crippen LogP contribution in [0.15, 0.2) is 47.4 Å². The average molecular weight is 356 g/mol. The number of nitrogens with one attached hydrogen (secondary N) is 1. The Labute approximate surface area is 147 Å². The van der Waals surface area contributed by atoms with Gasteiger partial charge in [-0.2, -0.15) is 0 Å². The molecule has 25 heavy (non-hydrogen) atoms. The number of carbonyl (C=O) groups is 1. The highest BCUT2D eigenvalue weighted by atomic mass is 32.2. The predicted octanol–water partition coefficient (Wildman–Crippen LogP) is 3.06. The summed E-state index contributed by atoms with van der Waals surface area (Å²) in [6.45, 7) is 5.52. The number of carbonyl (C=O) groups excluding carboxylic acids is 1. The molecule has 0 aromatic heterocycles. The van der Waals surface area contributed by atoms with E-state index >= 15 is 0 Å². The standard InChI is InChI=1S/C19H20N2O3S/c1-12-10-13-6-4-5-7-17(13)21(12)25(23,24)14-8-9-16-15(11-14)19(2,3)18(22)20-16/h4-9,11-12H,10H2,1-3H3,(H,20,22). The second kappa shape index (κ2) is 5.08. The van der Waals surface area contributed by atoms with E-state index in [1.807, 2.05) is 31.2 Å². The smallest absolute Gasteiger partial charge is 0.264 e. The van der Waals surface area contributed by atoms with Crippen LogP contribution < -0.4 is 9.62 Å². The summed E-state index contributed by atoms with van der Waals surface area (Å²) in [5.74, 6) is -0.114. The zero-order valence-corrected chi connectivity index (χ0v) is 15.2. The lowest BCUT2D eigenvalue weighted by Gasteiger charge is -2.25. The van der Waals surface area contributed by atoms with Crippen molar-refractivity contribution in [3.8, 4) is 0 Å². The minimum absolute atomic E-state index is 0.114. The van der Waals surface area contributed by atoms with Gasteiger partial charge in [0.2, 0.25) is 5.91 Å². The summed E-state index contributed by atoms with van der Waals surface area (Å²) in [4.78, 5) is 12.3. The molecule has 130 valence electrons. The Bertz CT molecular complexity index is 995. The fraction of sp³-hybridized carbons (Fsp3) is 0.316. The van der Waals surface area contributed by atoms with Crippen LogP contribution in [0.1, 0.15) is 31.9 Å². The molecule has 0 spiro atoms. The van der Waals surface area contributed by atoms with Gasteiger partial charge in [-0.3, -0.25) is 9.10 Å². The fourth-order valence-electron chi connectivity index (χ4n) is 3.73. The topological polar surface area (TPSA) is 66.5 Å². The third-order valence-electron chi connectivity index (χ3n) is 5.18. The van der Waals surface area contributed by atoms with Crippen LogP contribution in [0.25, 0.3) is 0 Å². The van der Waals surface area contributed by atoms with Gasteiger partial charge in [0.25, 0.3) is 10.0 Å². The van der Waals surface area contributed by atoms with Crippen molar-refractivity contribution in [2.75, 3.05) is 9.62 Å². The fourth-order valence-corrected chi connectivity index (χ4v) is 5.45. The van der Waals surface area contributed by atoms with Gasteiger partial charge in [0.05, 0.1) is 16.0 Å². The Balaban J connectivity index is 1.83. The van der Waals surface area contributed by atoms with E-state index in [0.717, 1.165) is 16.8 Å². The zero-order chi connectivity index (χ0) is 18.0. The summed E-state index contributed by atoms with van der Waals surface area (Å²) in [6, 6.07) is 12.4. The number of para-hydroxylation sites is 1. The largest absolute Gasteiger partial charge is 0.325 e. The van der Waals surface area contributed by atoms with Gasteiger partial charge < -0.3 is 5.32 Å². The van der Waals surface area contributed by atoms with Crippen LogP contribution in [0, 0.1) is 0 Å². The molecule has 6 heteroatoms. The number of rotatable bonds is 2. The molecular weight excluding hydrogens is 336 g/mol. The summed E-state index contributed by atoms with van der Waals surface area (Å²) in [5, 5.41) is 2.81. The van der Waals surface area contributed by atoms with Crippen LogP contribution in [-0.2, 0) is 26.7 Å². The molecule has 2 aliphatic rings. The number of fused-ring (bicyclic) bond motifs is 2. The van der Waals surface area contributed by atoms with Gasteiger partial charge in [-0.1, -0.05) is 18.2 Å². The highest BCUT2D eigenvalue weighted by molar-refractivity contribution is 7.92. The van der Waals surface area contributed by atoms with Crippen molar-refractivity contribution in [2.24, 2.45) is 0 Å². The van der Waals surface area contributed by atoms with Crippen molar-refractivity contribution < 1.29 is 13.2 Å². The van der Waals surface area contributed by atoms with Crippen molar-refractivity contribution in [1.82, 2.24) is 0 Å². The van der Waals surface area contributed by atoms with Crippen molar-refractivity contribution >= 4 is 27.3 Å². The summed E-state index contributed by atoms with van der Waals surface area (Å²) in [5.41, 5.74) is 2.44. The van der Waals surface area contributed by atoms with E-state index in [-0.39, 0.29) is 16.8 Å². The van der Waals surface area contributed by atoms with Crippen LogP contribution >= 0.6 is 0 Å². The molecule has 0 bridgehead atoms. The van der Waals surface area contributed by atoms with Gasteiger partial charge in [-0.05, 0) is 62.6 Å². The van der Waals surface area contributed by atoms with Crippen LogP contribution in [-0.4, -0.2) is 20.4 Å². The minimum Gasteiger partial charge on any atom is -0.325 e. The first-order valence-electron chi connectivity index (χ1n) is 8.31. The molecule has 1 unspecified atom stereocenters. The van der Waals surface area contributed by atoms with Crippen LogP contribution in [0.4, 0.5) is 11.4 Å². The highest BCUT2D eigenvalue weighted by Gasteiger charge is 2.41. The lowest BCUT2D eigenvalue weighted by molar-refractivity contribution is -0.119. The van der Waals surface area contributed by atoms with Crippen molar-refractivity contribution in [1.29, 1.82) is 0 Å². The number of anilines is 2. The van der Waals surface area contributed by atoms with E-state index in [2.05, 4.69) is 5.32 Å². The Morgan fingerprint density at radius 2 is 1.88 bits per heavy atom. The van der Waals surface area contributed by atoms with E-state index in [0.29, 0.717) is 12.1 Å². The monoisotopic (exact) mass is 356 g/mol. The third kappa shape index (κ3) is 2.20. The Hall–Kier alpha value is -2.34. The number of amides is 1. The number of nitrogens with zero attached hydrogens (tertiary/aromatic N) is 1. The number of benzene rings is 2. The summed E-state index contributed by atoms with van der Waals surface area (Å²) >= 11 is 0. The maximum absolute atomic E-state index is 13.3. The molecule has 2 aromatic rings. The summed E-state index contributed by atoms with van der Waals surface area (Å²) in [6.07, 6.45) is 0.700. The minimum atomic E-state index is -3.70. The molecule has 2 heterocycles. The zero-order valence-electron chi connectivity index (χ0n) is 14.4. The van der Waals surface area contributed by atoms with Crippen molar-refractivity contribution in [3.63, 3.8) is 0 Å². The third-order valence-corrected chi connectivity index (χ3v) is 7.11. The quantitative estimate of drug-likeness (QED) is 0.899. The Morgan fingerprint density at radius 3 is 2.64 bits per heavy atom. The van der Waals surface area contributed by atoms with E-state index in [1.54, 1.807) is 32.0 Å². The SMILES string of the molecule is CC1Cc2ccccc2N1S(=O)(=O)c1ccc2c(c1)C(C)(C)C(=O)N2.